The average Bonchev–Trinajstić information content (AvgIpc) is 2.84. The van der Waals surface area contributed by atoms with Gasteiger partial charge in [-0.2, -0.15) is 0 Å². The molecule has 1 aromatic carbocycles. The largest absolute Gasteiger partial charge is 0.478 e. The molecule has 0 bridgehead atoms. The minimum atomic E-state index is -1.06. The summed E-state index contributed by atoms with van der Waals surface area (Å²) in [6, 6.07) is 3.78. The van der Waals surface area contributed by atoms with E-state index in [1.807, 2.05) is 13.8 Å². The van der Waals surface area contributed by atoms with Crippen molar-refractivity contribution in [3.8, 4) is 0 Å². The first kappa shape index (κ1) is 14.6. The number of hydrogen-bond donors (Lipinski definition) is 2. The van der Waals surface area contributed by atoms with E-state index in [1.165, 1.54) is 18.2 Å². The molecule has 0 aliphatic rings. The predicted octanol–water partition coefficient (Wildman–Crippen LogP) is 3.14. The molecule has 0 fully saturated rings. The number of nitrogens with one attached hydrogen (secondary N) is 1. The second-order valence-electron chi connectivity index (χ2n) is 4.52. The zero-order valence-corrected chi connectivity index (χ0v) is 12.0. The van der Waals surface area contributed by atoms with Crippen LogP contribution >= 0.6 is 11.3 Å². The van der Waals surface area contributed by atoms with Gasteiger partial charge in [-0.1, -0.05) is 0 Å². The number of halogens is 1. The van der Waals surface area contributed by atoms with Crippen molar-refractivity contribution in [3.63, 3.8) is 0 Å². The lowest BCUT2D eigenvalue weighted by atomic mass is 10.1. The van der Waals surface area contributed by atoms with Gasteiger partial charge in [0.15, 0.2) is 0 Å². The molecule has 1 aromatic heterocycles. The predicted molar refractivity (Wildman–Crippen MR) is 75.5 cm³/mol. The molecule has 0 saturated carbocycles. The van der Waals surface area contributed by atoms with Crippen molar-refractivity contribution in [2.75, 3.05) is 0 Å². The van der Waals surface area contributed by atoms with Crippen LogP contribution in [0.3, 0.4) is 0 Å². The Kier molecular flexibility index (Phi) is 4.46. The van der Waals surface area contributed by atoms with Gasteiger partial charge >= 0.3 is 5.97 Å². The Bertz CT molecular complexity index is 627. The highest BCUT2D eigenvalue weighted by molar-refractivity contribution is 7.11. The lowest BCUT2D eigenvalue weighted by Gasteiger charge is -2.12. The quantitative estimate of drug-likeness (QED) is 0.889. The van der Waals surface area contributed by atoms with Gasteiger partial charge in [0, 0.05) is 23.2 Å². The summed E-state index contributed by atoms with van der Waals surface area (Å²) in [6.07, 6.45) is 1.80. The Balaban J connectivity index is 2.06. The fraction of sp³-hybridized carbons (Fsp3) is 0.286. The third-order valence-corrected chi connectivity index (χ3v) is 4.00. The topological polar surface area (TPSA) is 62.2 Å². The maximum absolute atomic E-state index is 13.6. The maximum atomic E-state index is 13.6. The van der Waals surface area contributed by atoms with Crippen molar-refractivity contribution in [1.82, 2.24) is 10.3 Å². The smallest absolute Gasteiger partial charge is 0.335 e. The number of carboxylic acids is 1. The number of aromatic carboxylic acids is 1. The van der Waals surface area contributed by atoms with E-state index in [0.29, 0.717) is 5.56 Å². The molecule has 0 saturated heterocycles. The maximum Gasteiger partial charge on any atom is 0.335 e. The molecule has 0 amide bonds. The number of aryl methyl sites for hydroxylation is 1. The van der Waals surface area contributed by atoms with Crippen molar-refractivity contribution in [2.24, 2.45) is 0 Å². The van der Waals surface area contributed by atoms with Gasteiger partial charge in [0.05, 0.1) is 11.6 Å². The zero-order valence-electron chi connectivity index (χ0n) is 11.2. The lowest BCUT2D eigenvalue weighted by Crippen LogP contribution is -2.19. The molecule has 1 atom stereocenters. The van der Waals surface area contributed by atoms with Gasteiger partial charge in [0.1, 0.15) is 10.8 Å². The van der Waals surface area contributed by atoms with E-state index in [1.54, 1.807) is 17.5 Å². The van der Waals surface area contributed by atoms with E-state index >= 15 is 0 Å². The van der Waals surface area contributed by atoms with Crippen LogP contribution < -0.4 is 5.32 Å². The van der Waals surface area contributed by atoms with Crippen LogP contribution in [0.1, 0.15) is 38.8 Å². The van der Waals surface area contributed by atoms with Gasteiger partial charge in [0.2, 0.25) is 0 Å². The van der Waals surface area contributed by atoms with Gasteiger partial charge in [0.25, 0.3) is 0 Å². The fourth-order valence-electron chi connectivity index (χ4n) is 1.77. The molecule has 0 radical (unpaired) electrons. The summed E-state index contributed by atoms with van der Waals surface area (Å²) in [6.45, 7) is 4.17. The SMILES string of the molecule is Cc1cnc(C(C)NCc2cc(C(=O)O)ccc2F)s1. The summed E-state index contributed by atoms with van der Waals surface area (Å²) in [5.74, 6) is -1.47. The lowest BCUT2D eigenvalue weighted by molar-refractivity contribution is 0.0696. The van der Waals surface area contributed by atoms with Crippen LogP contribution in [0.15, 0.2) is 24.4 Å². The van der Waals surface area contributed by atoms with E-state index in [2.05, 4.69) is 10.3 Å². The molecule has 2 N–H and O–H groups in total. The highest BCUT2D eigenvalue weighted by Crippen LogP contribution is 2.20. The molecule has 2 rings (SSSR count). The van der Waals surface area contributed by atoms with Crippen LogP contribution in [0.25, 0.3) is 0 Å². The van der Waals surface area contributed by atoms with Gasteiger partial charge in [-0.15, -0.1) is 11.3 Å². The number of thiazole rings is 1. The van der Waals surface area contributed by atoms with Crippen LogP contribution in [-0.4, -0.2) is 16.1 Å². The minimum Gasteiger partial charge on any atom is -0.478 e. The van der Waals surface area contributed by atoms with Crippen LogP contribution in [0.2, 0.25) is 0 Å². The van der Waals surface area contributed by atoms with Crippen LogP contribution in [0.4, 0.5) is 4.39 Å². The molecule has 4 nitrogen and oxygen atoms in total. The summed E-state index contributed by atoms with van der Waals surface area (Å²) in [5.41, 5.74) is 0.422. The second kappa shape index (κ2) is 6.11. The Morgan fingerprint density at radius 2 is 2.30 bits per heavy atom. The molecule has 6 heteroatoms. The minimum absolute atomic E-state index is 0.0124. The highest BCUT2D eigenvalue weighted by Gasteiger charge is 2.12. The molecule has 20 heavy (non-hydrogen) atoms. The molecule has 0 aliphatic carbocycles. The molecule has 0 aliphatic heterocycles. The summed E-state index contributed by atoms with van der Waals surface area (Å²) < 4.78 is 13.6. The Morgan fingerprint density at radius 1 is 1.55 bits per heavy atom. The molecular formula is C14H15FN2O2S. The Labute approximate surface area is 120 Å². The van der Waals surface area contributed by atoms with Crippen molar-refractivity contribution in [3.05, 3.63) is 51.2 Å². The normalized spacial score (nSPS) is 12.3. The second-order valence-corrected chi connectivity index (χ2v) is 5.79. The van der Waals surface area contributed by atoms with Gasteiger partial charge in [-0.25, -0.2) is 14.2 Å². The van der Waals surface area contributed by atoms with Gasteiger partial charge in [-0.3, -0.25) is 0 Å². The molecule has 2 aromatic rings. The summed E-state index contributed by atoms with van der Waals surface area (Å²) >= 11 is 1.58. The summed E-state index contributed by atoms with van der Waals surface area (Å²) in [7, 11) is 0. The van der Waals surface area contributed by atoms with Gasteiger partial charge in [-0.05, 0) is 32.0 Å². The standard InChI is InChI=1S/C14H15FN2O2S/c1-8-6-17-13(20-8)9(2)16-7-11-5-10(14(18)19)3-4-12(11)15/h3-6,9,16H,7H2,1-2H3,(H,18,19). The number of aromatic nitrogens is 1. The molecule has 106 valence electrons. The third kappa shape index (κ3) is 3.40. The van der Waals surface area contributed by atoms with Crippen LogP contribution in [-0.2, 0) is 6.54 Å². The number of rotatable bonds is 5. The molecule has 0 spiro atoms. The summed E-state index contributed by atoms with van der Waals surface area (Å²) in [5, 5.41) is 13.0. The average molecular weight is 294 g/mol. The van der Waals surface area contributed by atoms with E-state index < -0.39 is 11.8 Å². The van der Waals surface area contributed by atoms with Crippen molar-refractivity contribution in [2.45, 2.75) is 26.4 Å². The Morgan fingerprint density at radius 3 is 2.90 bits per heavy atom. The first-order chi connectivity index (χ1) is 9.47. The molecular weight excluding hydrogens is 279 g/mol. The van der Waals surface area contributed by atoms with Crippen LogP contribution in [0.5, 0.6) is 0 Å². The number of benzene rings is 1. The zero-order chi connectivity index (χ0) is 14.7. The number of carbonyl (C=O) groups is 1. The first-order valence-corrected chi connectivity index (χ1v) is 6.96. The molecule has 1 heterocycles. The van der Waals surface area contributed by atoms with Crippen molar-refractivity contribution >= 4 is 17.3 Å². The first-order valence-electron chi connectivity index (χ1n) is 6.15. The number of hydrogen-bond acceptors (Lipinski definition) is 4. The monoisotopic (exact) mass is 294 g/mol. The van der Waals surface area contributed by atoms with Crippen molar-refractivity contribution in [1.29, 1.82) is 0 Å². The van der Waals surface area contributed by atoms with Crippen molar-refractivity contribution < 1.29 is 14.3 Å². The summed E-state index contributed by atoms with van der Waals surface area (Å²) in [4.78, 5) is 16.3. The third-order valence-electron chi connectivity index (χ3n) is 2.90. The fourth-order valence-corrected chi connectivity index (χ4v) is 2.57. The van der Waals surface area contributed by atoms with Gasteiger partial charge < -0.3 is 10.4 Å². The van der Waals surface area contributed by atoms with E-state index in [-0.39, 0.29) is 18.2 Å². The number of carboxylic acid groups (broad SMARTS) is 1. The van der Waals surface area contributed by atoms with Crippen LogP contribution in [0, 0.1) is 12.7 Å². The highest BCUT2D eigenvalue weighted by atomic mass is 32.1. The van der Waals surface area contributed by atoms with E-state index in [9.17, 15) is 9.18 Å². The van der Waals surface area contributed by atoms with E-state index in [4.69, 9.17) is 5.11 Å². The van der Waals surface area contributed by atoms with E-state index in [0.717, 1.165) is 9.88 Å². The number of nitrogens with zero attached hydrogens (tertiary/aromatic N) is 1. The Hall–Kier alpha value is -1.79. The molecule has 1 unspecified atom stereocenters.